The van der Waals surface area contributed by atoms with Crippen molar-refractivity contribution < 1.29 is 9.18 Å². The third-order valence-electron chi connectivity index (χ3n) is 4.10. The number of halogens is 1. The predicted octanol–water partition coefficient (Wildman–Crippen LogP) is 2.95. The number of nitrogens with one attached hydrogen (secondary N) is 2. The van der Waals surface area contributed by atoms with Crippen molar-refractivity contribution in [1.82, 2.24) is 14.9 Å². The highest BCUT2D eigenvalue weighted by Gasteiger charge is 2.07. The number of rotatable bonds is 6. The van der Waals surface area contributed by atoms with Crippen LogP contribution in [0.1, 0.15) is 12.0 Å². The van der Waals surface area contributed by atoms with Crippen LogP contribution in [0.25, 0.3) is 10.9 Å². The number of carbonyl (C=O) groups excluding carboxylic acids is 1. The second-order valence-corrected chi connectivity index (χ2v) is 6.30. The van der Waals surface area contributed by atoms with Crippen molar-refractivity contribution in [3.8, 4) is 0 Å². The van der Waals surface area contributed by atoms with Crippen LogP contribution < -0.4 is 10.9 Å². The van der Waals surface area contributed by atoms with Gasteiger partial charge in [0.25, 0.3) is 5.56 Å². The van der Waals surface area contributed by atoms with Gasteiger partial charge in [-0.3, -0.25) is 14.2 Å². The van der Waals surface area contributed by atoms with Crippen LogP contribution in [0.15, 0.2) is 53.3 Å². The largest absolute Gasteiger partial charge is 0.356 e. The monoisotopic (exact) mass is 371 g/mol. The first kappa shape index (κ1) is 18.0. The van der Waals surface area contributed by atoms with Gasteiger partial charge >= 0.3 is 0 Å². The zero-order chi connectivity index (χ0) is 18.5. The molecule has 0 radical (unpaired) electrons. The standard InChI is InChI=1S/C19H18FN3O2S/c20-14-7-5-13(6-8-14)9-11-21-17(24)10-12-23-18(25)15-3-1-2-4-16(15)22-19(23)26/h1-8H,9-12H2,(H,21,24)(H,22,26). The lowest BCUT2D eigenvalue weighted by Crippen LogP contribution is -2.29. The van der Waals surface area contributed by atoms with Crippen molar-refractivity contribution in [2.75, 3.05) is 6.54 Å². The van der Waals surface area contributed by atoms with Crippen LogP contribution in [0.4, 0.5) is 4.39 Å². The number of carbonyl (C=O) groups is 1. The molecule has 0 bridgehead atoms. The predicted molar refractivity (Wildman–Crippen MR) is 101 cm³/mol. The number of fused-ring (bicyclic) bond motifs is 1. The molecule has 0 saturated carbocycles. The Kier molecular flexibility index (Phi) is 5.58. The fourth-order valence-corrected chi connectivity index (χ4v) is 2.99. The summed E-state index contributed by atoms with van der Waals surface area (Å²) in [7, 11) is 0. The van der Waals surface area contributed by atoms with Gasteiger partial charge in [-0.15, -0.1) is 0 Å². The normalized spacial score (nSPS) is 10.8. The Hall–Kier alpha value is -2.80. The lowest BCUT2D eigenvalue weighted by molar-refractivity contribution is -0.121. The summed E-state index contributed by atoms with van der Waals surface area (Å²) in [6.07, 6.45) is 0.765. The summed E-state index contributed by atoms with van der Waals surface area (Å²) in [6, 6.07) is 13.3. The van der Waals surface area contributed by atoms with Crippen molar-refractivity contribution in [1.29, 1.82) is 0 Å². The lowest BCUT2D eigenvalue weighted by atomic mass is 10.1. The molecule has 0 unspecified atom stereocenters. The van der Waals surface area contributed by atoms with E-state index < -0.39 is 0 Å². The SMILES string of the molecule is O=C(CCn1c(=S)[nH]c2ccccc2c1=O)NCCc1ccc(F)cc1. The zero-order valence-electron chi connectivity index (χ0n) is 14.0. The lowest BCUT2D eigenvalue weighted by Gasteiger charge is -2.09. The number of aromatic nitrogens is 2. The molecule has 0 aliphatic heterocycles. The van der Waals surface area contributed by atoms with Crippen LogP contribution in [-0.4, -0.2) is 22.0 Å². The molecule has 2 aromatic carbocycles. The van der Waals surface area contributed by atoms with Crippen LogP contribution >= 0.6 is 12.2 Å². The molecule has 0 saturated heterocycles. The average Bonchev–Trinajstić information content (AvgIpc) is 2.63. The first-order chi connectivity index (χ1) is 12.5. The Labute approximate surface area is 154 Å². The number of benzene rings is 2. The topological polar surface area (TPSA) is 66.9 Å². The fraction of sp³-hybridized carbons (Fsp3) is 0.211. The van der Waals surface area contributed by atoms with E-state index in [1.165, 1.54) is 16.7 Å². The quantitative estimate of drug-likeness (QED) is 0.655. The first-order valence-corrected chi connectivity index (χ1v) is 8.68. The summed E-state index contributed by atoms with van der Waals surface area (Å²) in [6.45, 7) is 0.658. The van der Waals surface area contributed by atoms with E-state index in [2.05, 4.69) is 10.3 Å². The number of aromatic amines is 1. The number of hydrogen-bond acceptors (Lipinski definition) is 3. The van der Waals surface area contributed by atoms with E-state index in [0.717, 1.165) is 5.56 Å². The van der Waals surface area contributed by atoms with Crippen molar-refractivity contribution in [3.63, 3.8) is 0 Å². The van der Waals surface area contributed by atoms with Gasteiger partial charge in [-0.25, -0.2) is 4.39 Å². The molecule has 1 aromatic heterocycles. The Morgan fingerprint density at radius 3 is 2.65 bits per heavy atom. The molecular formula is C19H18FN3O2S. The van der Waals surface area contributed by atoms with Gasteiger partial charge in [0, 0.05) is 19.5 Å². The van der Waals surface area contributed by atoms with E-state index in [1.54, 1.807) is 30.3 Å². The molecule has 0 fully saturated rings. The Morgan fingerprint density at radius 2 is 1.88 bits per heavy atom. The van der Waals surface area contributed by atoms with E-state index >= 15 is 0 Å². The van der Waals surface area contributed by atoms with Crippen molar-refractivity contribution in [2.24, 2.45) is 0 Å². The molecule has 1 heterocycles. The Bertz CT molecular complexity index is 1040. The van der Waals surface area contributed by atoms with Gasteiger partial charge in [0.15, 0.2) is 4.77 Å². The first-order valence-electron chi connectivity index (χ1n) is 8.27. The molecule has 2 N–H and O–H groups in total. The Morgan fingerprint density at radius 1 is 1.15 bits per heavy atom. The molecule has 3 aromatic rings. The molecule has 0 spiro atoms. The molecule has 134 valence electrons. The summed E-state index contributed by atoms with van der Waals surface area (Å²) in [5.74, 6) is -0.447. The molecule has 0 aliphatic rings. The van der Waals surface area contributed by atoms with Gasteiger partial charge in [-0.05, 0) is 48.5 Å². The smallest absolute Gasteiger partial charge is 0.262 e. The average molecular weight is 371 g/mol. The third kappa shape index (κ3) is 4.23. The summed E-state index contributed by atoms with van der Waals surface area (Å²) in [4.78, 5) is 27.5. The van der Waals surface area contributed by atoms with E-state index in [0.29, 0.717) is 28.6 Å². The summed E-state index contributed by atoms with van der Waals surface area (Å²) < 4.78 is 14.6. The molecule has 0 atom stereocenters. The van der Waals surface area contributed by atoms with E-state index in [1.807, 2.05) is 6.07 Å². The number of H-pyrrole nitrogens is 1. The van der Waals surface area contributed by atoms with Crippen LogP contribution in [0, 0.1) is 10.6 Å². The molecule has 7 heteroatoms. The second-order valence-electron chi connectivity index (χ2n) is 5.91. The second kappa shape index (κ2) is 8.05. The molecule has 26 heavy (non-hydrogen) atoms. The molecule has 0 aliphatic carbocycles. The molecule has 3 rings (SSSR count). The van der Waals surface area contributed by atoms with Crippen LogP contribution in [0.3, 0.4) is 0 Å². The summed E-state index contributed by atoms with van der Waals surface area (Å²) in [5.41, 5.74) is 1.42. The van der Waals surface area contributed by atoms with Gasteiger partial charge in [0.05, 0.1) is 10.9 Å². The van der Waals surface area contributed by atoms with Crippen molar-refractivity contribution >= 4 is 29.0 Å². The van der Waals surface area contributed by atoms with Gasteiger partial charge in [0.2, 0.25) is 5.91 Å². The summed E-state index contributed by atoms with van der Waals surface area (Å²) in [5, 5.41) is 3.34. The maximum atomic E-state index is 12.9. The molecular weight excluding hydrogens is 353 g/mol. The number of hydrogen-bond donors (Lipinski definition) is 2. The number of para-hydroxylation sites is 1. The minimum Gasteiger partial charge on any atom is -0.356 e. The van der Waals surface area contributed by atoms with Crippen LogP contribution in [0.2, 0.25) is 0 Å². The highest BCUT2D eigenvalue weighted by Crippen LogP contribution is 2.06. The highest BCUT2D eigenvalue weighted by atomic mass is 32.1. The molecule has 5 nitrogen and oxygen atoms in total. The van der Waals surface area contributed by atoms with Crippen molar-refractivity contribution in [3.05, 3.63) is 75.0 Å². The number of amides is 1. The van der Waals surface area contributed by atoms with Crippen molar-refractivity contribution in [2.45, 2.75) is 19.4 Å². The minimum absolute atomic E-state index is 0.152. The Balaban J connectivity index is 1.58. The summed E-state index contributed by atoms with van der Waals surface area (Å²) >= 11 is 5.23. The van der Waals surface area contributed by atoms with Gasteiger partial charge in [-0.1, -0.05) is 24.3 Å². The zero-order valence-corrected chi connectivity index (χ0v) is 14.8. The van der Waals surface area contributed by atoms with E-state index in [-0.39, 0.29) is 30.2 Å². The highest BCUT2D eigenvalue weighted by molar-refractivity contribution is 7.71. The third-order valence-corrected chi connectivity index (χ3v) is 4.42. The maximum absolute atomic E-state index is 12.9. The van der Waals surface area contributed by atoms with Gasteiger partial charge in [-0.2, -0.15) is 0 Å². The fourth-order valence-electron chi connectivity index (χ4n) is 2.70. The van der Waals surface area contributed by atoms with E-state index in [9.17, 15) is 14.0 Å². The van der Waals surface area contributed by atoms with Gasteiger partial charge in [0.1, 0.15) is 5.82 Å². The van der Waals surface area contributed by atoms with E-state index in [4.69, 9.17) is 12.2 Å². The number of nitrogens with zero attached hydrogens (tertiary/aromatic N) is 1. The van der Waals surface area contributed by atoms with Crippen LogP contribution in [0.5, 0.6) is 0 Å². The van der Waals surface area contributed by atoms with Gasteiger partial charge < -0.3 is 10.3 Å². The minimum atomic E-state index is -0.282. The molecule has 1 amide bonds. The van der Waals surface area contributed by atoms with Crippen LogP contribution in [-0.2, 0) is 17.8 Å². The maximum Gasteiger partial charge on any atom is 0.262 e.